The highest BCUT2D eigenvalue weighted by Crippen LogP contribution is 2.38. The average Bonchev–Trinajstić information content (AvgIpc) is 2.58. The maximum atomic E-state index is 12.6. The van der Waals surface area contributed by atoms with E-state index in [0.717, 1.165) is 43.2 Å². The number of rotatable bonds is 5. The molecule has 2 fully saturated rings. The van der Waals surface area contributed by atoms with Gasteiger partial charge in [-0.1, -0.05) is 42.5 Å². The monoisotopic (exact) mass is 341 g/mol. The molecule has 2 atom stereocenters. The van der Waals surface area contributed by atoms with E-state index in [4.69, 9.17) is 4.74 Å². The summed E-state index contributed by atoms with van der Waals surface area (Å²) < 4.78 is 5.55. The molecule has 2 unspecified atom stereocenters. The Morgan fingerprint density at radius 3 is 2.40 bits per heavy atom. The van der Waals surface area contributed by atoms with Crippen molar-refractivity contribution in [2.45, 2.75) is 64.1 Å². The number of Topliss-reactive ketones (excluding diaryl/α,β-unsaturated/α-hetero) is 1. The van der Waals surface area contributed by atoms with E-state index in [1.54, 1.807) is 0 Å². The lowest BCUT2D eigenvalue weighted by atomic mass is 9.76. The van der Waals surface area contributed by atoms with Gasteiger partial charge in [-0.15, -0.1) is 0 Å². The molecule has 25 heavy (non-hydrogen) atoms. The van der Waals surface area contributed by atoms with Crippen LogP contribution in [0.1, 0.15) is 51.0 Å². The van der Waals surface area contributed by atoms with Crippen LogP contribution in [0.2, 0.25) is 0 Å². The van der Waals surface area contributed by atoms with Crippen LogP contribution in [0.25, 0.3) is 0 Å². The lowest BCUT2D eigenvalue weighted by molar-refractivity contribution is -0.126. The minimum atomic E-state index is -0.232. The van der Waals surface area contributed by atoms with E-state index in [1.807, 2.05) is 42.2 Å². The first kappa shape index (κ1) is 17.7. The minimum absolute atomic E-state index is 0.0603. The molecule has 2 heterocycles. The van der Waals surface area contributed by atoms with Gasteiger partial charge in [0.1, 0.15) is 12.4 Å². The van der Waals surface area contributed by atoms with Gasteiger partial charge in [0.15, 0.2) is 0 Å². The number of carbonyl (C=O) groups excluding carboxylic acids is 2. The summed E-state index contributed by atoms with van der Waals surface area (Å²) in [5.41, 5.74) is 1.91. The van der Waals surface area contributed by atoms with Crippen LogP contribution in [0.4, 0.5) is 4.79 Å². The fraction of sp³-hybridized carbons (Fsp3) is 0.524. The minimum Gasteiger partial charge on any atom is -0.445 e. The lowest BCUT2D eigenvalue weighted by Gasteiger charge is -2.47. The Kier molecular flexibility index (Phi) is 5.57. The van der Waals surface area contributed by atoms with Gasteiger partial charge >= 0.3 is 6.09 Å². The quantitative estimate of drug-likeness (QED) is 0.741. The van der Waals surface area contributed by atoms with Gasteiger partial charge in [0, 0.05) is 24.4 Å². The Labute approximate surface area is 149 Å². The Morgan fingerprint density at radius 2 is 1.80 bits per heavy atom. The third-order valence-electron chi connectivity index (χ3n) is 5.32. The summed E-state index contributed by atoms with van der Waals surface area (Å²) in [6.07, 6.45) is 4.82. The zero-order chi connectivity index (χ0) is 17.8. The standard InChI is InChI=1S/C21H27NO3/c1-15(2)11-20(23)17-12-18-9-6-10-19(13-17)22(18)21(24)25-14-16-7-4-3-5-8-16/h3-5,7-8,17-19H,1,6,9-14H2,2H3. The number of nitrogens with zero attached hydrogens (tertiary/aromatic N) is 1. The Morgan fingerprint density at radius 1 is 1.16 bits per heavy atom. The molecule has 4 nitrogen and oxygen atoms in total. The third kappa shape index (κ3) is 4.30. The molecular formula is C21H27NO3. The van der Waals surface area contributed by atoms with Crippen LogP contribution in [-0.4, -0.2) is 28.9 Å². The molecule has 1 aromatic carbocycles. The first-order chi connectivity index (χ1) is 12.0. The number of fused-ring (bicyclic) bond motifs is 2. The third-order valence-corrected chi connectivity index (χ3v) is 5.32. The van der Waals surface area contributed by atoms with Crippen molar-refractivity contribution in [1.82, 2.24) is 4.90 Å². The number of hydrogen-bond acceptors (Lipinski definition) is 3. The van der Waals surface area contributed by atoms with E-state index in [9.17, 15) is 9.59 Å². The van der Waals surface area contributed by atoms with Crippen molar-refractivity contribution in [2.24, 2.45) is 5.92 Å². The Hall–Kier alpha value is -2.10. The summed E-state index contributed by atoms with van der Waals surface area (Å²) in [5, 5.41) is 0. The van der Waals surface area contributed by atoms with Crippen molar-refractivity contribution in [1.29, 1.82) is 0 Å². The molecule has 0 aliphatic carbocycles. The maximum Gasteiger partial charge on any atom is 0.410 e. The normalized spacial score (nSPS) is 25.3. The van der Waals surface area contributed by atoms with Gasteiger partial charge in [-0.25, -0.2) is 4.79 Å². The largest absolute Gasteiger partial charge is 0.445 e. The molecule has 3 rings (SSSR count). The van der Waals surface area contributed by atoms with Gasteiger partial charge in [-0.3, -0.25) is 4.79 Å². The molecule has 2 saturated heterocycles. The Balaban J connectivity index is 1.62. The number of amides is 1. The van der Waals surface area contributed by atoms with Crippen molar-refractivity contribution >= 4 is 11.9 Å². The van der Waals surface area contributed by atoms with Crippen LogP contribution >= 0.6 is 0 Å². The SMILES string of the molecule is C=C(C)CC(=O)C1CC2CCCC(C1)N2C(=O)OCc1ccccc1. The second kappa shape index (κ2) is 7.85. The molecule has 1 amide bonds. The highest BCUT2D eigenvalue weighted by atomic mass is 16.6. The van der Waals surface area contributed by atoms with Gasteiger partial charge in [0.2, 0.25) is 0 Å². The maximum absolute atomic E-state index is 12.6. The second-order valence-electron chi connectivity index (χ2n) is 7.45. The highest BCUT2D eigenvalue weighted by molar-refractivity contribution is 5.83. The number of ether oxygens (including phenoxy) is 1. The number of piperidine rings is 2. The molecule has 4 heteroatoms. The number of allylic oxidation sites excluding steroid dienone is 1. The fourth-order valence-corrected chi connectivity index (χ4v) is 4.18. The van der Waals surface area contributed by atoms with Crippen LogP contribution in [0, 0.1) is 5.92 Å². The van der Waals surface area contributed by atoms with Crippen molar-refractivity contribution in [3.8, 4) is 0 Å². The zero-order valence-corrected chi connectivity index (χ0v) is 14.9. The molecule has 2 bridgehead atoms. The number of carbonyl (C=O) groups is 2. The van der Waals surface area contributed by atoms with Crippen molar-refractivity contribution in [2.75, 3.05) is 0 Å². The number of ketones is 1. The summed E-state index contributed by atoms with van der Waals surface area (Å²) in [7, 11) is 0. The van der Waals surface area contributed by atoms with E-state index < -0.39 is 0 Å². The van der Waals surface area contributed by atoms with E-state index in [0.29, 0.717) is 13.0 Å². The Bertz CT molecular complexity index is 626. The average molecular weight is 341 g/mol. The summed E-state index contributed by atoms with van der Waals surface area (Å²) in [6.45, 7) is 6.05. The second-order valence-corrected chi connectivity index (χ2v) is 7.45. The predicted molar refractivity (Wildman–Crippen MR) is 97.1 cm³/mol. The first-order valence-electron chi connectivity index (χ1n) is 9.20. The van der Waals surface area contributed by atoms with Gasteiger partial charge in [-0.05, 0) is 44.6 Å². The predicted octanol–water partition coefficient (Wildman–Crippen LogP) is 4.49. The molecule has 2 aliphatic rings. The highest BCUT2D eigenvalue weighted by Gasteiger charge is 2.43. The van der Waals surface area contributed by atoms with E-state index in [1.165, 1.54) is 0 Å². The topological polar surface area (TPSA) is 46.6 Å². The van der Waals surface area contributed by atoms with Gasteiger partial charge in [0.05, 0.1) is 0 Å². The van der Waals surface area contributed by atoms with E-state index in [2.05, 4.69) is 6.58 Å². The lowest BCUT2D eigenvalue weighted by Crippen LogP contribution is -2.55. The first-order valence-corrected chi connectivity index (χ1v) is 9.20. The molecule has 0 spiro atoms. The summed E-state index contributed by atoms with van der Waals surface area (Å²) in [5.74, 6) is 0.340. The van der Waals surface area contributed by atoms with Crippen molar-refractivity contribution in [3.05, 3.63) is 48.0 Å². The molecule has 0 N–H and O–H groups in total. The van der Waals surface area contributed by atoms with Gasteiger partial charge in [-0.2, -0.15) is 0 Å². The summed E-state index contributed by atoms with van der Waals surface area (Å²) in [4.78, 5) is 27.0. The van der Waals surface area contributed by atoms with Crippen LogP contribution in [0.15, 0.2) is 42.5 Å². The molecule has 0 radical (unpaired) electrons. The molecule has 0 aromatic heterocycles. The number of benzene rings is 1. The van der Waals surface area contributed by atoms with Crippen LogP contribution in [-0.2, 0) is 16.1 Å². The molecular weight excluding hydrogens is 314 g/mol. The van der Waals surface area contributed by atoms with Crippen LogP contribution in [0.5, 0.6) is 0 Å². The van der Waals surface area contributed by atoms with Crippen LogP contribution < -0.4 is 0 Å². The molecule has 0 saturated carbocycles. The molecule has 134 valence electrons. The fourth-order valence-electron chi connectivity index (χ4n) is 4.18. The van der Waals surface area contributed by atoms with Gasteiger partial charge in [0.25, 0.3) is 0 Å². The van der Waals surface area contributed by atoms with Crippen molar-refractivity contribution in [3.63, 3.8) is 0 Å². The molecule has 1 aromatic rings. The van der Waals surface area contributed by atoms with Crippen molar-refractivity contribution < 1.29 is 14.3 Å². The van der Waals surface area contributed by atoms with Gasteiger partial charge < -0.3 is 9.64 Å². The smallest absolute Gasteiger partial charge is 0.410 e. The van der Waals surface area contributed by atoms with Crippen LogP contribution in [0.3, 0.4) is 0 Å². The molecule has 2 aliphatic heterocycles. The summed E-state index contributed by atoms with van der Waals surface area (Å²) in [6, 6.07) is 10.0. The zero-order valence-electron chi connectivity index (χ0n) is 14.9. The number of hydrogen-bond donors (Lipinski definition) is 0. The summed E-state index contributed by atoms with van der Waals surface area (Å²) >= 11 is 0. The van der Waals surface area contributed by atoms with E-state index in [-0.39, 0.29) is 29.9 Å². The van der Waals surface area contributed by atoms with E-state index >= 15 is 0 Å².